The third kappa shape index (κ3) is 6.03. The summed E-state index contributed by atoms with van der Waals surface area (Å²) in [6, 6.07) is 56.8. The Labute approximate surface area is 348 Å². The van der Waals surface area contributed by atoms with Crippen LogP contribution in [0.15, 0.2) is 182 Å². The maximum atomic E-state index is 13.3. The minimum atomic E-state index is -0.124. The number of para-hydroxylation sites is 2. The Morgan fingerprint density at radius 1 is 0.339 bits per heavy atom. The molecule has 2 N–H and O–H groups in total. The van der Waals surface area contributed by atoms with E-state index in [0.29, 0.717) is 11.1 Å². The van der Waals surface area contributed by atoms with Crippen molar-refractivity contribution in [2.75, 3.05) is 10.6 Å². The van der Waals surface area contributed by atoms with Crippen molar-refractivity contribution in [3.05, 3.63) is 193 Å². The maximum Gasteiger partial charge on any atom is 2.00 e. The van der Waals surface area contributed by atoms with Gasteiger partial charge >= 0.3 is 17.1 Å². The second-order valence-electron chi connectivity index (χ2n) is 14.6. The van der Waals surface area contributed by atoms with E-state index >= 15 is 0 Å². The first-order chi connectivity index (χ1) is 28.6. The zero-order chi connectivity index (χ0) is 38.7. The number of nitrogens with one attached hydrogen (secondary N) is 2. The first-order valence-electron chi connectivity index (χ1n) is 19.2. The first-order valence-corrected chi connectivity index (χ1v) is 19.2. The van der Waals surface area contributed by atoms with E-state index in [0.717, 1.165) is 65.5 Å². The molecule has 1 radical (unpaired) electrons. The zero-order valence-electron chi connectivity index (χ0n) is 31.3. The van der Waals surface area contributed by atoms with Crippen LogP contribution in [0, 0.1) is 0 Å². The van der Waals surface area contributed by atoms with Crippen LogP contribution in [0.2, 0.25) is 0 Å². The Morgan fingerprint density at radius 3 is 1.08 bits per heavy atom. The van der Waals surface area contributed by atoms with Gasteiger partial charge in [0.15, 0.2) is 0 Å². The molecule has 59 heavy (non-hydrogen) atoms. The van der Waals surface area contributed by atoms with Gasteiger partial charge in [-0.05, 0) is 101 Å². The summed E-state index contributed by atoms with van der Waals surface area (Å²) in [7, 11) is 0. The number of fused-ring (bicyclic) bond motifs is 2. The molecule has 0 aliphatic carbocycles. The van der Waals surface area contributed by atoms with Crippen LogP contribution < -0.4 is 10.6 Å². The molecule has 2 heterocycles. The Hall–Kier alpha value is -7.44. The largest absolute Gasteiger partial charge is 2.00 e. The fourth-order valence-corrected chi connectivity index (χ4v) is 8.66. The molecule has 0 saturated carbocycles. The molecule has 7 heteroatoms. The van der Waals surface area contributed by atoms with Crippen molar-refractivity contribution in [3.8, 4) is 0 Å². The number of benzene rings is 10. The average Bonchev–Trinajstić information content (AvgIpc) is 3.28. The van der Waals surface area contributed by atoms with Crippen LogP contribution in [0.5, 0.6) is 0 Å². The topological polar surface area (TPSA) is 84.0 Å². The SMILES string of the molecule is O=C(Nc1cccc2cccnc12)c1ccc2ccc3cccc4ccc1c2c34.O=C(Nc1cccc2cccnc12)c1ccc2ccc3cccc4ccc1c2c34.[Cu+2]. The van der Waals surface area contributed by atoms with Crippen LogP contribution in [-0.2, 0) is 17.1 Å². The Kier molecular flexibility index (Phi) is 8.83. The Bertz CT molecular complexity index is 3310. The van der Waals surface area contributed by atoms with Crippen molar-refractivity contribution in [2.45, 2.75) is 0 Å². The van der Waals surface area contributed by atoms with E-state index in [9.17, 15) is 9.59 Å². The minimum Gasteiger partial charge on any atom is -0.320 e. The van der Waals surface area contributed by atoms with E-state index in [1.54, 1.807) is 12.4 Å². The van der Waals surface area contributed by atoms with Crippen molar-refractivity contribution < 1.29 is 26.7 Å². The number of hydrogen-bond donors (Lipinski definition) is 2. The summed E-state index contributed by atoms with van der Waals surface area (Å²) in [6.07, 6.45) is 3.49. The molecule has 0 unspecified atom stereocenters. The molecule has 0 saturated heterocycles. The summed E-state index contributed by atoms with van der Waals surface area (Å²) < 4.78 is 0. The number of carbonyl (C=O) groups excluding carboxylic acids is 2. The molecular formula is C52H32CuN4O2+2. The fourth-order valence-electron chi connectivity index (χ4n) is 8.66. The van der Waals surface area contributed by atoms with Crippen molar-refractivity contribution in [3.63, 3.8) is 0 Å². The van der Waals surface area contributed by atoms with E-state index in [1.165, 1.54) is 32.3 Å². The summed E-state index contributed by atoms with van der Waals surface area (Å²) in [5, 5.41) is 21.9. The van der Waals surface area contributed by atoms with Crippen LogP contribution in [0.25, 0.3) is 86.4 Å². The van der Waals surface area contributed by atoms with Gasteiger partial charge in [0.2, 0.25) is 0 Å². The number of carbonyl (C=O) groups is 2. The molecule has 2 amide bonds. The second kappa shape index (κ2) is 14.5. The molecular weight excluding hydrogens is 776 g/mol. The third-order valence-electron chi connectivity index (χ3n) is 11.3. The van der Waals surface area contributed by atoms with E-state index in [4.69, 9.17) is 0 Å². The summed E-state index contributed by atoms with van der Waals surface area (Å²) in [6.45, 7) is 0. The molecule has 0 aliphatic rings. The first kappa shape index (κ1) is 35.9. The summed E-state index contributed by atoms with van der Waals surface area (Å²) in [4.78, 5) is 35.4. The van der Waals surface area contributed by atoms with Crippen LogP contribution in [0.4, 0.5) is 11.4 Å². The van der Waals surface area contributed by atoms with E-state index in [1.807, 2.05) is 84.9 Å². The van der Waals surface area contributed by atoms with Crippen molar-refractivity contribution >= 4 is 110 Å². The van der Waals surface area contributed by atoms with Gasteiger partial charge in [0.25, 0.3) is 11.8 Å². The zero-order valence-corrected chi connectivity index (χ0v) is 32.3. The number of hydrogen-bond acceptors (Lipinski definition) is 4. The number of anilines is 2. The number of nitrogens with zero attached hydrogens (tertiary/aromatic N) is 2. The molecule has 6 nitrogen and oxygen atoms in total. The van der Waals surface area contributed by atoms with Crippen LogP contribution >= 0.6 is 0 Å². The van der Waals surface area contributed by atoms with E-state index in [-0.39, 0.29) is 28.9 Å². The van der Waals surface area contributed by atoms with Gasteiger partial charge in [-0.2, -0.15) is 0 Å². The summed E-state index contributed by atoms with van der Waals surface area (Å²) >= 11 is 0. The van der Waals surface area contributed by atoms with Crippen LogP contribution in [0.3, 0.4) is 0 Å². The number of aromatic nitrogens is 2. The predicted molar refractivity (Wildman–Crippen MR) is 240 cm³/mol. The van der Waals surface area contributed by atoms with Crippen molar-refractivity contribution in [1.82, 2.24) is 9.97 Å². The van der Waals surface area contributed by atoms with Crippen molar-refractivity contribution in [1.29, 1.82) is 0 Å². The standard InChI is InChI=1S/2C26H16N2O.Cu/c2*29-26(28-22-8-2-6-19-7-3-15-27-25(19)22)21-14-12-18-10-9-16-4-1-5-17-11-13-20(21)24(18)23(16)17;/h2*1-15H,(H,28,29);/q;;+2. The predicted octanol–water partition coefficient (Wildman–Crippen LogP) is 12.8. The molecule has 2 aromatic heterocycles. The van der Waals surface area contributed by atoms with Crippen molar-refractivity contribution in [2.24, 2.45) is 0 Å². The normalized spacial score (nSPS) is 11.4. The molecule has 0 fully saturated rings. The maximum absolute atomic E-state index is 13.3. The van der Waals surface area contributed by atoms with Gasteiger partial charge in [-0.1, -0.05) is 133 Å². The minimum absolute atomic E-state index is 0. The van der Waals surface area contributed by atoms with Crippen LogP contribution in [0.1, 0.15) is 20.7 Å². The third-order valence-corrected chi connectivity index (χ3v) is 11.3. The number of amides is 2. The van der Waals surface area contributed by atoms with E-state index < -0.39 is 0 Å². The monoisotopic (exact) mass is 807 g/mol. The molecule has 0 spiro atoms. The quantitative estimate of drug-likeness (QED) is 0.137. The van der Waals surface area contributed by atoms with E-state index in [2.05, 4.69) is 106 Å². The molecule has 0 atom stereocenters. The van der Waals surface area contributed by atoms with Gasteiger partial charge in [0.1, 0.15) is 0 Å². The molecule has 281 valence electrons. The molecule has 12 aromatic rings. The van der Waals surface area contributed by atoms with Crippen LogP contribution in [-0.4, -0.2) is 21.8 Å². The summed E-state index contributed by atoms with van der Waals surface area (Å²) in [5.41, 5.74) is 4.37. The molecule has 12 rings (SSSR count). The van der Waals surface area contributed by atoms with Gasteiger partial charge in [-0.3, -0.25) is 19.6 Å². The molecule has 0 aliphatic heterocycles. The Balaban J connectivity index is 0.000000140. The Morgan fingerprint density at radius 2 is 0.661 bits per heavy atom. The van der Waals surface area contributed by atoms with Gasteiger partial charge in [-0.15, -0.1) is 0 Å². The van der Waals surface area contributed by atoms with Gasteiger partial charge in [0.05, 0.1) is 22.4 Å². The van der Waals surface area contributed by atoms with Gasteiger partial charge < -0.3 is 10.6 Å². The number of rotatable bonds is 4. The second-order valence-corrected chi connectivity index (χ2v) is 14.6. The van der Waals surface area contributed by atoms with Gasteiger partial charge in [-0.25, -0.2) is 0 Å². The fraction of sp³-hybridized carbons (Fsp3) is 0. The smallest absolute Gasteiger partial charge is 0.320 e. The summed E-state index contributed by atoms with van der Waals surface area (Å²) in [5.74, 6) is -0.248. The average molecular weight is 808 g/mol. The molecule has 10 aromatic carbocycles. The van der Waals surface area contributed by atoms with Gasteiger partial charge in [0, 0.05) is 34.3 Å². The number of pyridine rings is 2. The molecule has 0 bridgehead atoms.